The molecular weight excluding hydrogens is 344 g/mol. The van der Waals surface area contributed by atoms with Crippen LogP contribution in [-0.4, -0.2) is 42.8 Å². The van der Waals surface area contributed by atoms with Crippen molar-refractivity contribution in [2.75, 3.05) is 13.1 Å². The molecule has 136 valence electrons. The van der Waals surface area contributed by atoms with Crippen molar-refractivity contribution < 1.29 is 8.42 Å². The van der Waals surface area contributed by atoms with Gasteiger partial charge in [0.15, 0.2) is 0 Å². The van der Waals surface area contributed by atoms with E-state index < -0.39 is 10.0 Å². The van der Waals surface area contributed by atoms with Gasteiger partial charge in [0.25, 0.3) is 0 Å². The standard InChI is InChI=1S/C21H24N2O2S/c24-26(25,14-13-18-7-3-1-4-8-18)23-20-11-12-21(23)17-22(16-20)15-19-9-5-2-6-10-19/h1-10,13-14,20-21H,11-12,15-17H2/b14-13+/t20-,21-/m1/s1. The summed E-state index contributed by atoms with van der Waals surface area (Å²) in [6.07, 6.45) is 3.61. The third kappa shape index (κ3) is 3.75. The molecule has 0 aromatic heterocycles. The van der Waals surface area contributed by atoms with E-state index in [0.29, 0.717) is 0 Å². The summed E-state index contributed by atoms with van der Waals surface area (Å²) >= 11 is 0. The zero-order chi connectivity index (χ0) is 18.0. The van der Waals surface area contributed by atoms with Crippen LogP contribution in [0.1, 0.15) is 24.0 Å². The van der Waals surface area contributed by atoms with Crippen LogP contribution in [0.3, 0.4) is 0 Å². The summed E-state index contributed by atoms with van der Waals surface area (Å²) < 4.78 is 27.6. The van der Waals surface area contributed by atoms with Crippen molar-refractivity contribution in [2.24, 2.45) is 0 Å². The lowest BCUT2D eigenvalue weighted by molar-refractivity contribution is 0.124. The quantitative estimate of drug-likeness (QED) is 0.813. The summed E-state index contributed by atoms with van der Waals surface area (Å²) in [4.78, 5) is 2.39. The molecule has 2 bridgehead atoms. The minimum atomic E-state index is -3.39. The average Bonchev–Trinajstić information content (AvgIpc) is 2.94. The normalized spacial score (nSPS) is 24.3. The number of rotatable bonds is 5. The molecule has 26 heavy (non-hydrogen) atoms. The molecular formula is C21H24N2O2S. The number of fused-ring (bicyclic) bond motifs is 2. The van der Waals surface area contributed by atoms with E-state index in [9.17, 15) is 8.42 Å². The van der Waals surface area contributed by atoms with Crippen LogP contribution in [0.5, 0.6) is 0 Å². The Labute approximate surface area is 155 Å². The molecule has 0 amide bonds. The molecule has 4 nitrogen and oxygen atoms in total. The Balaban J connectivity index is 1.46. The third-order valence-electron chi connectivity index (χ3n) is 5.27. The lowest BCUT2D eigenvalue weighted by Crippen LogP contribution is -2.54. The van der Waals surface area contributed by atoms with Crippen LogP contribution in [0.4, 0.5) is 0 Å². The topological polar surface area (TPSA) is 40.6 Å². The van der Waals surface area contributed by atoms with Crippen molar-refractivity contribution in [1.82, 2.24) is 9.21 Å². The highest BCUT2D eigenvalue weighted by Crippen LogP contribution is 2.34. The van der Waals surface area contributed by atoms with Gasteiger partial charge >= 0.3 is 0 Å². The molecule has 0 N–H and O–H groups in total. The van der Waals surface area contributed by atoms with E-state index in [4.69, 9.17) is 0 Å². The Morgan fingerprint density at radius 3 is 2.08 bits per heavy atom. The smallest absolute Gasteiger partial charge is 0.236 e. The number of hydrogen-bond acceptors (Lipinski definition) is 3. The molecule has 2 fully saturated rings. The zero-order valence-electron chi connectivity index (χ0n) is 14.7. The Hall–Kier alpha value is -1.95. The van der Waals surface area contributed by atoms with Crippen molar-refractivity contribution in [2.45, 2.75) is 31.5 Å². The van der Waals surface area contributed by atoms with Crippen LogP contribution in [0, 0.1) is 0 Å². The van der Waals surface area contributed by atoms with E-state index >= 15 is 0 Å². The van der Waals surface area contributed by atoms with Crippen molar-refractivity contribution in [3.8, 4) is 0 Å². The SMILES string of the molecule is O=S(=O)(/C=C/c1ccccc1)N1[C@@H]2CC[C@@H]1CN(Cc1ccccc1)C2. The monoisotopic (exact) mass is 368 g/mol. The second-order valence-electron chi connectivity index (χ2n) is 7.15. The number of piperazine rings is 1. The van der Waals surface area contributed by atoms with Crippen LogP contribution in [0.25, 0.3) is 6.08 Å². The van der Waals surface area contributed by atoms with Crippen molar-refractivity contribution in [3.05, 3.63) is 77.2 Å². The lowest BCUT2D eigenvalue weighted by Gasteiger charge is -2.39. The van der Waals surface area contributed by atoms with Gasteiger partial charge in [-0.15, -0.1) is 0 Å². The first-order valence-electron chi connectivity index (χ1n) is 9.15. The van der Waals surface area contributed by atoms with Gasteiger partial charge in [-0.1, -0.05) is 60.7 Å². The molecule has 5 heteroatoms. The highest BCUT2D eigenvalue weighted by atomic mass is 32.2. The van der Waals surface area contributed by atoms with Crippen molar-refractivity contribution in [3.63, 3.8) is 0 Å². The van der Waals surface area contributed by atoms with Crippen LogP contribution in [0.2, 0.25) is 0 Å². The van der Waals surface area contributed by atoms with E-state index in [-0.39, 0.29) is 12.1 Å². The van der Waals surface area contributed by atoms with Crippen molar-refractivity contribution in [1.29, 1.82) is 0 Å². The minimum Gasteiger partial charge on any atom is -0.296 e. The predicted molar refractivity (Wildman–Crippen MR) is 105 cm³/mol. The first kappa shape index (κ1) is 17.5. The van der Waals surface area contributed by atoms with Crippen LogP contribution >= 0.6 is 0 Å². The Morgan fingerprint density at radius 1 is 0.885 bits per heavy atom. The average molecular weight is 369 g/mol. The Kier molecular flexibility index (Phi) is 4.94. The van der Waals surface area contributed by atoms with Gasteiger partial charge in [0, 0.05) is 37.1 Å². The number of nitrogens with zero attached hydrogens (tertiary/aromatic N) is 2. The molecule has 2 aromatic carbocycles. The fraction of sp³-hybridized carbons (Fsp3) is 0.333. The molecule has 2 aromatic rings. The molecule has 0 radical (unpaired) electrons. The number of sulfonamides is 1. The number of hydrogen-bond donors (Lipinski definition) is 0. The highest BCUT2D eigenvalue weighted by molar-refractivity contribution is 7.92. The molecule has 2 aliphatic heterocycles. The molecule has 0 unspecified atom stereocenters. The molecule has 2 saturated heterocycles. The van der Waals surface area contributed by atoms with E-state index in [1.807, 2.05) is 36.4 Å². The lowest BCUT2D eigenvalue weighted by atomic mass is 10.1. The van der Waals surface area contributed by atoms with E-state index in [0.717, 1.165) is 38.0 Å². The van der Waals surface area contributed by atoms with Gasteiger partial charge in [0.2, 0.25) is 10.0 Å². The summed E-state index contributed by atoms with van der Waals surface area (Å²) in [5.74, 6) is 0. The van der Waals surface area contributed by atoms with E-state index in [1.54, 1.807) is 10.4 Å². The molecule has 2 heterocycles. The fourth-order valence-corrected chi connectivity index (χ4v) is 5.78. The van der Waals surface area contributed by atoms with Gasteiger partial charge in [0.1, 0.15) is 0 Å². The third-order valence-corrected chi connectivity index (χ3v) is 6.93. The second-order valence-corrected chi connectivity index (χ2v) is 8.88. The molecule has 0 aliphatic carbocycles. The minimum absolute atomic E-state index is 0.0860. The first-order chi connectivity index (χ1) is 12.6. The zero-order valence-corrected chi connectivity index (χ0v) is 15.6. The molecule has 0 saturated carbocycles. The second kappa shape index (κ2) is 7.35. The fourth-order valence-electron chi connectivity index (χ4n) is 4.14. The Bertz CT molecular complexity index is 851. The summed E-state index contributed by atoms with van der Waals surface area (Å²) in [7, 11) is -3.39. The van der Waals surface area contributed by atoms with Crippen molar-refractivity contribution >= 4 is 16.1 Å². The van der Waals surface area contributed by atoms with Gasteiger partial charge in [-0.05, 0) is 30.0 Å². The first-order valence-corrected chi connectivity index (χ1v) is 10.6. The summed E-state index contributed by atoms with van der Waals surface area (Å²) in [6.45, 7) is 2.51. The van der Waals surface area contributed by atoms with Crippen LogP contribution in [-0.2, 0) is 16.6 Å². The Morgan fingerprint density at radius 2 is 1.46 bits per heavy atom. The number of likely N-dealkylation sites (tertiary alicyclic amines) is 1. The van der Waals surface area contributed by atoms with Gasteiger partial charge < -0.3 is 0 Å². The molecule has 4 rings (SSSR count). The highest BCUT2D eigenvalue weighted by Gasteiger charge is 2.45. The molecule has 2 atom stereocenters. The van der Waals surface area contributed by atoms with Crippen LogP contribution in [0.15, 0.2) is 66.1 Å². The van der Waals surface area contributed by atoms with Gasteiger partial charge in [-0.3, -0.25) is 4.90 Å². The summed E-state index contributed by atoms with van der Waals surface area (Å²) in [5.41, 5.74) is 2.19. The maximum atomic E-state index is 12.9. The van der Waals surface area contributed by atoms with Gasteiger partial charge in [0.05, 0.1) is 0 Å². The molecule has 0 spiro atoms. The molecule has 2 aliphatic rings. The van der Waals surface area contributed by atoms with E-state index in [1.165, 1.54) is 11.0 Å². The summed E-state index contributed by atoms with van der Waals surface area (Å²) in [5, 5.41) is 1.38. The van der Waals surface area contributed by atoms with Gasteiger partial charge in [-0.2, -0.15) is 4.31 Å². The van der Waals surface area contributed by atoms with Gasteiger partial charge in [-0.25, -0.2) is 8.42 Å². The number of benzene rings is 2. The predicted octanol–water partition coefficient (Wildman–Crippen LogP) is 3.34. The largest absolute Gasteiger partial charge is 0.296 e. The maximum absolute atomic E-state index is 12.9. The van der Waals surface area contributed by atoms with E-state index in [2.05, 4.69) is 29.2 Å². The van der Waals surface area contributed by atoms with Crippen LogP contribution < -0.4 is 0 Å². The summed E-state index contributed by atoms with van der Waals surface area (Å²) in [6, 6.07) is 20.2. The maximum Gasteiger partial charge on any atom is 0.236 e.